The molecule has 1 atom stereocenters. The quantitative estimate of drug-likeness (QED) is 0.836. The van der Waals surface area contributed by atoms with Crippen molar-refractivity contribution in [2.45, 2.75) is 32.7 Å². The molecule has 0 saturated heterocycles. The number of hydrogen-bond donors (Lipinski definition) is 1. The zero-order valence-electron chi connectivity index (χ0n) is 8.93. The van der Waals surface area contributed by atoms with Gasteiger partial charge in [0.2, 0.25) is 10.0 Å². The minimum absolute atomic E-state index is 0.175. The summed E-state index contributed by atoms with van der Waals surface area (Å²) in [6.07, 6.45) is 3.04. The van der Waals surface area contributed by atoms with Gasteiger partial charge in [0, 0.05) is 11.6 Å². The summed E-state index contributed by atoms with van der Waals surface area (Å²) in [4.78, 5) is 4.12. The Kier molecular flexibility index (Phi) is 4.69. The normalized spacial score (nSPS) is 14.0. The molecule has 0 aliphatic heterocycles. The summed E-state index contributed by atoms with van der Waals surface area (Å²) in [6, 6.07) is -0.179. The zero-order valence-corrected chi connectivity index (χ0v) is 10.6. The van der Waals surface area contributed by atoms with Gasteiger partial charge in [-0.15, -0.1) is 11.3 Å². The van der Waals surface area contributed by atoms with Crippen molar-refractivity contribution in [3.8, 4) is 0 Å². The van der Waals surface area contributed by atoms with Crippen molar-refractivity contribution in [3.63, 3.8) is 0 Å². The lowest BCUT2D eigenvalue weighted by Crippen LogP contribution is -2.30. The van der Waals surface area contributed by atoms with E-state index in [1.165, 1.54) is 11.3 Å². The Morgan fingerprint density at radius 1 is 1.53 bits per heavy atom. The van der Waals surface area contributed by atoms with Gasteiger partial charge < -0.3 is 0 Å². The van der Waals surface area contributed by atoms with Gasteiger partial charge in [0.05, 0.1) is 11.8 Å². The summed E-state index contributed by atoms with van der Waals surface area (Å²) in [5.74, 6) is 0.175. The van der Waals surface area contributed by atoms with Gasteiger partial charge in [-0.1, -0.05) is 13.8 Å². The van der Waals surface area contributed by atoms with Crippen molar-refractivity contribution in [1.82, 2.24) is 9.71 Å². The molecule has 4 nitrogen and oxygen atoms in total. The second-order valence-corrected chi connectivity index (χ2v) is 6.07. The highest BCUT2D eigenvalue weighted by atomic mass is 32.2. The molecule has 0 spiro atoms. The van der Waals surface area contributed by atoms with Crippen LogP contribution in [-0.2, 0) is 10.0 Å². The second-order valence-electron chi connectivity index (χ2n) is 3.27. The maximum Gasteiger partial charge on any atom is 0.212 e. The van der Waals surface area contributed by atoms with Crippen molar-refractivity contribution in [2.24, 2.45) is 0 Å². The minimum Gasteiger partial charge on any atom is -0.248 e. The fourth-order valence-electron chi connectivity index (χ4n) is 1.26. The van der Waals surface area contributed by atoms with Crippen LogP contribution in [0.5, 0.6) is 0 Å². The predicted octanol–water partition coefficient (Wildman–Crippen LogP) is 1.92. The van der Waals surface area contributed by atoms with Gasteiger partial charge in [-0.2, -0.15) is 0 Å². The molecule has 6 heteroatoms. The molecule has 1 aromatic heterocycles. The van der Waals surface area contributed by atoms with Crippen LogP contribution in [0, 0.1) is 0 Å². The number of aromatic nitrogens is 1. The van der Waals surface area contributed by atoms with E-state index in [0.717, 1.165) is 11.4 Å². The number of sulfonamides is 1. The van der Waals surface area contributed by atoms with E-state index in [1.807, 2.05) is 19.2 Å². The first kappa shape index (κ1) is 12.6. The molecule has 0 radical (unpaired) electrons. The van der Waals surface area contributed by atoms with Crippen LogP contribution in [0.25, 0.3) is 0 Å². The summed E-state index contributed by atoms with van der Waals surface area (Å²) < 4.78 is 25.8. The average Bonchev–Trinajstić information content (AvgIpc) is 2.67. The molecule has 1 N–H and O–H groups in total. The van der Waals surface area contributed by atoms with E-state index in [-0.39, 0.29) is 11.8 Å². The number of rotatable bonds is 6. The topological polar surface area (TPSA) is 59.1 Å². The van der Waals surface area contributed by atoms with Gasteiger partial charge in [0.25, 0.3) is 0 Å². The molecule has 0 bridgehead atoms. The molecule has 86 valence electrons. The van der Waals surface area contributed by atoms with Crippen LogP contribution in [0.15, 0.2) is 11.6 Å². The van der Waals surface area contributed by atoms with Crippen LogP contribution in [0.4, 0.5) is 0 Å². The molecular formula is C9H16N2O2S2. The Labute approximate surface area is 94.8 Å². The van der Waals surface area contributed by atoms with E-state index in [1.54, 1.807) is 6.20 Å². The van der Waals surface area contributed by atoms with Crippen LogP contribution in [0.2, 0.25) is 0 Å². The summed E-state index contributed by atoms with van der Waals surface area (Å²) in [5.41, 5.74) is 0. The third-order valence-corrected chi connectivity index (χ3v) is 4.43. The highest BCUT2D eigenvalue weighted by Crippen LogP contribution is 2.19. The lowest BCUT2D eigenvalue weighted by atomic mass is 10.3. The number of hydrogen-bond acceptors (Lipinski definition) is 4. The summed E-state index contributed by atoms with van der Waals surface area (Å²) in [6.45, 7) is 3.80. The summed E-state index contributed by atoms with van der Waals surface area (Å²) in [5, 5.41) is 2.68. The van der Waals surface area contributed by atoms with Gasteiger partial charge in [0.1, 0.15) is 5.01 Å². The van der Waals surface area contributed by atoms with E-state index >= 15 is 0 Å². The van der Waals surface area contributed by atoms with Crippen LogP contribution in [0.3, 0.4) is 0 Å². The Morgan fingerprint density at radius 2 is 2.27 bits per heavy atom. The molecular weight excluding hydrogens is 232 g/mol. The SMILES string of the molecule is CCCS(=O)(=O)N[C@H](CC)c1nccs1. The third-order valence-electron chi connectivity index (χ3n) is 1.95. The van der Waals surface area contributed by atoms with Gasteiger partial charge in [-0.05, 0) is 12.8 Å². The summed E-state index contributed by atoms with van der Waals surface area (Å²) >= 11 is 1.48. The highest BCUT2D eigenvalue weighted by Gasteiger charge is 2.18. The molecule has 0 aromatic carbocycles. The lowest BCUT2D eigenvalue weighted by Gasteiger charge is -2.13. The first-order valence-electron chi connectivity index (χ1n) is 4.98. The van der Waals surface area contributed by atoms with Gasteiger partial charge in [-0.25, -0.2) is 18.1 Å². The van der Waals surface area contributed by atoms with Crippen molar-refractivity contribution >= 4 is 21.4 Å². The van der Waals surface area contributed by atoms with Crippen LogP contribution < -0.4 is 4.72 Å². The Bertz CT molecular complexity index is 373. The zero-order chi connectivity index (χ0) is 11.3. The first-order valence-corrected chi connectivity index (χ1v) is 7.51. The Balaban J connectivity index is 2.70. The van der Waals surface area contributed by atoms with Crippen molar-refractivity contribution in [3.05, 3.63) is 16.6 Å². The van der Waals surface area contributed by atoms with Crippen LogP contribution >= 0.6 is 11.3 Å². The minimum atomic E-state index is -3.15. The van der Waals surface area contributed by atoms with E-state index in [0.29, 0.717) is 6.42 Å². The largest absolute Gasteiger partial charge is 0.248 e. The van der Waals surface area contributed by atoms with Crippen molar-refractivity contribution in [2.75, 3.05) is 5.75 Å². The van der Waals surface area contributed by atoms with Gasteiger partial charge >= 0.3 is 0 Å². The Morgan fingerprint density at radius 3 is 2.73 bits per heavy atom. The molecule has 1 rings (SSSR count). The van der Waals surface area contributed by atoms with Crippen molar-refractivity contribution < 1.29 is 8.42 Å². The third kappa shape index (κ3) is 3.89. The standard InChI is InChI=1S/C9H16N2O2S2/c1-3-7-15(12,13)11-8(4-2)9-10-5-6-14-9/h5-6,8,11H,3-4,7H2,1-2H3/t8-/m1/s1. The molecule has 0 unspecified atom stereocenters. The smallest absolute Gasteiger partial charge is 0.212 e. The van der Waals surface area contributed by atoms with Gasteiger partial charge in [-0.3, -0.25) is 0 Å². The van der Waals surface area contributed by atoms with Crippen LogP contribution in [0.1, 0.15) is 37.7 Å². The van der Waals surface area contributed by atoms with Crippen LogP contribution in [-0.4, -0.2) is 19.2 Å². The average molecular weight is 248 g/mol. The number of nitrogens with zero attached hydrogens (tertiary/aromatic N) is 1. The summed E-state index contributed by atoms with van der Waals surface area (Å²) in [7, 11) is -3.15. The molecule has 0 amide bonds. The van der Waals surface area contributed by atoms with Gasteiger partial charge in [0.15, 0.2) is 0 Å². The highest BCUT2D eigenvalue weighted by molar-refractivity contribution is 7.89. The molecule has 15 heavy (non-hydrogen) atoms. The maximum absolute atomic E-state index is 11.6. The fraction of sp³-hybridized carbons (Fsp3) is 0.667. The van der Waals surface area contributed by atoms with E-state index in [4.69, 9.17) is 0 Å². The Hall–Kier alpha value is -0.460. The number of thiazole rings is 1. The second kappa shape index (κ2) is 5.58. The molecule has 0 aliphatic carbocycles. The molecule has 0 saturated carbocycles. The predicted molar refractivity (Wildman–Crippen MR) is 62.4 cm³/mol. The van der Waals surface area contributed by atoms with E-state index in [2.05, 4.69) is 9.71 Å². The number of nitrogens with one attached hydrogen (secondary N) is 1. The fourth-order valence-corrected chi connectivity index (χ4v) is 3.47. The molecule has 1 aromatic rings. The first-order chi connectivity index (χ1) is 7.09. The molecule has 0 fully saturated rings. The van der Waals surface area contributed by atoms with E-state index in [9.17, 15) is 8.42 Å². The maximum atomic E-state index is 11.6. The van der Waals surface area contributed by atoms with E-state index < -0.39 is 10.0 Å². The molecule has 0 aliphatic rings. The van der Waals surface area contributed by atoms with Crippen molar-refractivity contribution in [1.29, 1.82) is 0 Å². The monoisotopic (exact) mass is 248 g/mol. The molecule has 1 heterocycles. The lowest BCUT2D eigenvalue weighted by molar-refractivity contribution is 0.548.